The highest BCUT2D eigenvalue weighted by Crippen LogP contribution is 2.37. The van der Waals surface area contributed by atoms with Crippen LogP contribution in [0.15, 0.2) is 32.7 Å². The number of aromatic nitrogens is 6. The molecule has 0 spiro atoms. The molecule has 4 aromatic heterocycles. The van der Waals surface area contributed by atoms with Crippen LogP contribution in [0.1, 0.15) is 0 Å². The summed E-state index contributed by atoms with van der Waals surface area (Å²) >= 11 is 6.42. The second kappa shape index (κ2) is 6.24. The maximum absolute atomic E-state index is 9.35. The standard InChI is InChI=1S/C13H10BrN7OS2/c14-6-3-16-4-7-9(6)23-13(19-7)24-12-20-8-10(15)17-5-18-11(8)21(12)1-2-22/h3-5,22H,1-2H2,(H2,15,17,18). The van der Waals surface area contributed by atoms with Crippen LogP contribution in [0.2, 0.25) is 0 Å². The van der Waals surface area contributed by atoms with Gasteiger partial charge < -0.3 is 15.4 Å². The molecular weight excluding hydrogens is 414 g/mol. The molecule has 8 nitrogen and oxygen atoms in total. The molecule has 0 aliphatic carbocycles. The number of hydrogen-bond donors (Lipinski definition) is 2. The number of aliphatic hydroxyl groups excluding tert-OH is 1. The number of halogens is 1. The third-order valence-electron chi connectivity index (χ3n) is 3.26. The second-order valence-electron chi connectivity index (χ2n) is 4.75. The van der Waals surface area contributed by atoms with Gasteiger partial charge in [-0.05, 0) is 27.7 Å². The van der Waals surface area contributed by atoms with Gasteiger partial charge in [0.05, 0.1) is 22.0 Å². The predicted molar refractivity (Wildman–Crippen MR) is 96.1 cm³/mol. The minimum absolute atomic E-state index is 0.0295. The van der Waals surface area contributed by atoms with Gasteiger partial charge in [-0.1, -0.05) is 0 Å². The second-order valence-corrected chi connectivity index (χ2v) is 7.82. The van der Waals surface area contributed by atoms with Gasteiger partial charge in [-0.3, -0.25) is 4.98 Å². The van der Waals surface area contributed by atoms with E-state index in [1.165, 1.54) is 18.1 Å². The molecule has 4 heterocycles. The van der Waals surface area contributed by atoms with E-state index in [1.807, 2.05) is 4.57 Å². The van der Waals surface area contributed by atoms with Crippen LogP contribution in [0, 0.1) is 0 Å². The lowest BCUT2D eigenvalue weighted by Crippen LogP contribution is -2.04. The highest BCUT2D eigenvalue weighted by molar-refractivity contribution is 9.10. The van der Waals surface area contributed by atoms with Gasteiger partial charge in [0.1, 0.15) is 11.8 Å². The maximum Gasteiger partial charge on any atom is 0.177 e. The molecule has 0 fully saturated rings. The largest absolute Gasteiger partial charge is 0.395 e. The number of thiazole rings is 1. The monoisotopic (exact) mass is 423 g/mol. The minimum atomic E-state index is -0.0295. The van der Waals surface area contributed by atoms with Crippen molar-refractivity contribution in [3.63, 3.8) is 0 Å². The van der Waals surface area contributed by atoms with Crippen LogP contribution in [0.3, 0.4) is 0 Å². The van der Waals surface area contributed by atoms with E-state index >= 15 is 0 Å². The van der Waals surface area contributed by atoms with Crippen molar-refractivity contribution in [2.24, 2.45) is 0 Å². The number of rotatable bonds is 4. The molecule has 0 unspecified atom stereocenters. The zero-order valence-electron chi connectivity index (χ0n) is 12.0. The minimum Gasteiger partial charge on any atom is -0.395 e. The first-order chi connectivity index (χ1) is 11.7. The van der Waals surface area contributed by atoms with Gasteiger partial charge in [-0.2, -0.15) is 0 Å². The summed E-state index contributed by atoms with van der Waals surface area (Å²) < 4.78 is 4.57. The normalized spacial score (nSPS) is 11.6. The topological polar surface area (TPSA) is 116 Å². The van der Waals surface area contributed by atoms with Crippen LogP contribution in [0.25, 0.3) is 21.4 Å². The van der Waals surface area contributed by atoms with Crippen LogP contribution in [0.4, 0.5) is 5.82 Å². The first-order valence-corrected chi connectivity index (χ1v) is 9.25. The molecule has 0 saturated carbocycles. The molecular formula is C13H10BrN7OS2. The Balaban J connectivity index is 1.81. The molecule has 24 heavy (non-hydrogen) atoms. The number of nitrogens with two attached hydrogens (primary N) is 1. The summed E-state index contributed by atoms with van der Waals surface area (Å²) in [5.74, 6) is 0.315. The smallest absolute Gasteiger partial charge is 0.177 e. The Morgan fingerprint density at radius 3 is 2.96 bits per heavy atom. The van der Waals surface area contributed by atoms with Crippen molar-refractivity contribution in [2.45, 2.75) is 16.0 Å². The average molecular weight is 424 g/mol. The number of aliphatic hydroxyl groups is 1. The van der Waals surface area contributed by atoms with E-state index in [9.17, 15) is 5.11 Å². The maximum atomic E-state index is 9.35. The zero-order valence-corrected chi connectivity index (χ0v) is 15.3. The number of pyridine rings is 1. The van der Waals surface area contributed by atoms with Crippen molar-refractivity contribution in [1.29, 1.82) is 0 Å². The highest BCUT2D eigenvalue weighted by atomic mass is 79.9. The highest BCUT2D eigenvalue weighted by Gasteiger charge is 2.17. The quantitative estimate of drug-likeness (QED) is 0.513. The fourth-order valence-electron chi connectivity index (χ4n) is 2.24. The summed E-state index contributed by atoms with van der Waals surface area (Å²) in [5, 5.41) is 10.0. The number of nitrogen functional groups attached to an aromatic ring is 1. The number of imidazole rings is 1. The fourth-order valence-corrected chi connectivity index (χ4v) is 4.84. The summed E-state index contributed by atoms with van der Waals surface area (Å²) in [6, 6.07) is 0. The molecule has 0 atom stereocenters. The Labute approximate surface area is 152 Å². The average Bonchev–Trinajstić information content (AvgIpc) is 3.12. The molecule has 0 bridgehead atoms. The summed E-state index contributed by atoms with van der Waals surface area (Å²) in [7, 11) is 0. The Morgan fingerprint density at radius 2 is 2.17 bits per heavy atom. The van der Waals surface area contributed by atoms with Crippen LogP contribution < -0.4 is 5.73 Å². The third-order valence-corrected chi connectivity index (χ3v) is 6.29. The van der Waals surface area contributed by atoms with Gasteiger partial charge in [0, 0.05) is 12.7 Å². The Morgan fingerprint density at radius 1 is 1.29 bits per heavy atom. The molecule has 0 amide bonds. The van der Waals surface area contributed by atoms with Crippen molar-refractivity contribution in [1.82, 2.24) is 29.5 Å². The molecule has 0 aliphatic rings. The van der Waals surface area contributed by atoms with E-state index in [1.54, 1.807) is 23.7 Å². The van der Waals surface area contributed by atoms with Crippen molar-refractivity contribution in [2.75, 3.05) is 12.3 Å². The molecule has 0 saturated heterocycles. The van der Waals surface area contributed by atoms with Crippen LogP contribution in [-0.2, 0) is 6.54 Å². The van der Waals surface area contributed by atoms with E-state index in [0.717, 1.165) is 19.0 Å². The van der Waals surface area contributed by atoms with Crippen molar-refractivity contribution < 1.29 is 5.11 Å². The van der Waals surface area contributed by atoms with Gasteiger partial charge in [-0.25, -0.2) is 19.9 Å². The van der Waals surface area contributed by atoms with E-state index in [-0.39, 0.29) is 6.61 Å². The van der Waals surface area contributed by atoms with Crippen molar-refractivity contribution in [3.05, 3.63) is 23.2 Å². The van der Waals surface area contributed by atoms with Gasteiger partial charge in [0.25, 0.3) is 0 Å². The molecule has 3 N–H and O–H groups in total. The summed E-state index contributed by atoms with van der Waals surface area (Å²) in [6.07, 6.45) is 4.86. The summed E-state index contributed by atoms with van der Waals surface area (Å²) in [5.41, 5.74) is 7.83. The van der Waals surface area contributed by atoms with Crippen LogP contribution in [0.5, 0.6) is 0 Å². The van der Waals surface area contributed by atoms with E-state index in [2.05, 4.69) is 40.8 Å². The lowest BCUT2D eigenvalue weighted by atomic mass is 10.5. The summed E-state index contributed by atoms with van der Waals surface area (Å²) in [4.78, 5) is 21.4. The first kappa shape index (κ1) is 15.7. The molecule has 4 aromatic rings. The predicted octanol–water partition coefficient (Wildman–Crippen LogP) is 2.32. The van der Waals surface area contributed by atoms with E-state index < -0.39 is 0 Å². The first-order valence-electron chi connectivity index (χ1n) is 6.83. The number of hydrogen-bond acceptors (Lipinski definition) is 9. The van der Waals surface area contributed by atoms with Crippen molar-refractivity contribution in [3.8, 4) is 0 Å². The van der Waals surface area contributed by atoms with Gasteiger partial charge in [0.15, 0.2) is 26.5 Å². The van der Waals surface area contributed by atoms with Crippen molar-refractivity contribution >= 4 is 66.2 Å². The van der Waals surface area contributed by atoms with Crippen LogP contribution >= 0.6 is 39.0 Å². The van der Waals surface area contributed by atoms with Gasteiger partial charge in [0.2, 0.25) is 0 Å². The molecule has 0 radical (unpaired) electrons. The zero-order chi connectivity index (χ0) is 16.7. The Hall–Kier alpha value is -1.82. The molecule has 122 valence electrons. The molecule has 0 aliphatic heterocycles. The lowest BCUT2D eigenvalue weighted by molar-refractivity contribution is 0.273. The fraction of sp³-hybridized carbons (Fsp3) is 0.154. The molecule has 0 aromatic carbocycles. The third kappa shape index (κ3) is 2.62. The number of anilines is 1. The van der Waals surface area contributed by atoms with E-state index in [4.69, 9.17) is 5.73 Å². The molecule has 4 rings (SSSR count). The Kier molecular flexibility index (Phi) is 4.08. The number of nitrogens with zero attached hydrogens (tertiary/aromatic N) is 6. The van der Waals surface area contributed by atoms with Gasteiger partial charge in [-0.15, -0.1) is 11.3 Å². The molecule has 11 heteroatoms. The van der Waals surface area contributed by atoms with Gasteiger partial charge >= 0.3 is 0 Å². The van der Waals surface area contributed by atoms with Crippen LogP contribution in [-0.4, -0.2) is 41.2 Å². The van der Waals surface area contributed by atoms with E-state index in [0.29, 0.717) is 28.7 Å². The lowest BCUT2D eigenvalue weighted by Gasteiger charge is -2.04. The SMILES string of the molecule is Nc1ncnc2c1nc(Sc1nc3cncc(Br)c3s1)n2CCO. The number of fused-ring (bicyclic) bond motifs is 2. The Bertz CT molecular complexity index is 1050. The summed E-state index contributed by atoms with van der Waals surface area (Å²) in [6.45, 7) is 0.337.